The molecule has 0 aliphatic rings. The highest BCUT2D eigenvalue weighted by Crippen LogP contribution is 2.24. The van der Waals surface area contributed by atoms with Crippen molar-refractivity contribution in [1.82, 2.24) is 0 Å². The van der Waals surface area contributed by atoms with Crippen molar-refractivity contribution in [3.05, 3.63) is 59.4 Å². The summed E-state index contributed by atoms with van der Waals surface area (Å²) in [4.78, 5) is 0. The van der Waals surface area contributed by atoms with E-state index in [1.165, 1.54) is 18.2 Å². The zero-order valence-corrected chi connectivity index (χ0v) is 11.7. The van der Waals surface area contributed by atoms with Gasteiger partial charge < -0.3 is 15.2 Å². The number of hydrogen-bond donors (Lipinski definition) is 1. The molecule has 104 valence electrons. The Morgan fingerprint density at radius 1 is 1.20 bits per heavy atom. The third-order valence-electron chi connectivity index (χ3n) is 2.79. The summed E-state index contributed by atoms with van der Waals surface area (Å²) < 4.78 is 23.7. The second kappa shape index (κ2) is 6.34. The summed E-state index contributed by atoms with van der Waals surface area (Å²) >= 11 is 4.71. The normalized spacial score (nSPS) is 10.1. The van der Waals surface area contributed by atoms with Crippen molar-refractivity contribution in [3.8, 4) is 11.5 Å². The standard InChI is InChI=1S/C15H14FNO2S/c1-18-13-5-2-10(3-6-13)8-11-9-12(16)4-7-14(11)19-15(17)20/h2-7,9H,8H2,1H3,(H2,17,20). The summed E-state index contributed by atoms with van der Waals surface area (Å²) in [5.41, 5.74) is 7.05. The first-order valence-electron chi connectivity index (χ1n) is 5.97. The van der Waals surface area contributed by atoms with E-state index in [0.717, 1.165) is 11.3 Å². The number of ether oxygens (including phenoxy) is 2. The lowest BCUT2D eigenvalue weighted by Crippen LogP contribution is -2.16. The van der Waals surface area contributed by atoms with Crippen LogP contribution in [0.5, 0.6) is 11.5 Å². The number of halogens is 1. The molecule has 2 aromatic rings. The second-order valence-electron chi connectivity index (χ2n) is 4.20. The van der Waals surface area contributed by atoms with Gasteiger partial charge in [0, 0.05) is 12.0 Å². The van der Waals surface area contributed by atoms with Crippen LogP contribution in [0.2, 0.25) is 0 Å². The van der Waals surface area contributed by atoms with Crippen LogP contribution in [0, 0.1) is 5.82 Å². The molecule has 0 fully saturated rings. The van der Waals surface area contributed by atoms with E-state index in [1.807, 2.05) is 24.3 Å². The molecule has 0 saturated heterocycles. The quantitative estimate of drug-likeness (QED) is 0.879. The molecule has 0 atom stereocenters. The van der Waals surface area contributed by atoms with Crippen molar-refractivity contribution >= 4 is 17.4 Å². The highest BCUT2D eigenvalue weighted by atomic mass is 32.1. The van der Waals surface area contributed by atoms with Crippen molar-refractivity contribution in [3.63, 3.8) is 0 Å². The number of methoxy groups -OCH3 is 1. The number of rotatable bonds is 4. The van der Waals surface area contributed by atoms with Crippen molar-refractivity contribution in [2.45, 2.75) is 6.42 Å². The molecule has 20 heavy (non-hydrogen) atoms. The zero-order valence-electron chi connectivity index (χ0n) is 10.9. The summed E-state index contributed by atoms with van der Waals surface area (Å²) in [6, 6.07) is 11.8. The van der Waals surface area contributed by atoms with Gasteiger partial charge in [-0.25, -0.2) is 4.39 Å². The number of nitrogens with two attached hydrogens (primary N) is 1. The highest BCUT2D eigenvalue weighted by Gasteiger charge is 2.08. The summed E-state index contributed by atoms with van der Waals surface area (Å²) in [6.07, 6.45) is 0.514. The van der Waals surface area contributed by atoms with E-state index < -0.39 is 0 Å². The molecule has 5 heteroatoms. The van der Waals surface area contributed by atoms with Gasteiger partial charge in [0.05, 0.1) is 7.11 Å². The molecule has 0 heterocycles. The fraction of sp³-hybridized carbons (Fsp3) is 0.133. The molecule has 2 aromatic carbocycles. The van der Waals surface area contributed by atoms with Crippen molar-refractivity contribution in [1.29, 1.82) is 0 Å². The van der Waals surface area contributed by atoms with Crippen molar-refractivity contribution in [2.24, 2.45) is 5.73 Å². The molecule has 0 bridgehead atoms. The third-order valence-corrected chi connectivity index (χ3v) is 2.87. The Kier molecular flexibility index (Phi) is 4.53. The summed E-state index contributed by atoms with van der Waals surface area (Å²) in [5.74, 6) is 0.908. The topological polar surface area (TPSA) is 44.5 Å². The molecule has 3 nitrogen and oxygen atoms in total. The van der Waals surface area contributed by atoms with Crippen molar-refractivity contribution < 1.29 is 13.9 Å². The Morgan fingerprint density at radius 3 is 2.50 bits per heavy atom. The highest BCUT2D eigenvalue weighted by molar-refractivity contribution is 7.80. The lowest BCUT2D eigenvalue weighted by molar-refractivity contribution is 0.414. The van der Waals surface area contributed by atoms with E-state index in [1.54, 1.807) is 7.11 Å². The lowest BCUT2D eigenvalue weighted by atomic mass is 10.0. The lowest BCUT2D eigenvalue weighted by Gasteiger charge is -2.10. The maximum Gasteiger partial charge on any atom is 0.259 e. The first kappa shape index (κ1) is 14.3. The van der Waals surface area contributed by atoms with E-state index in [0.29, 0.717) is 17.7 Å². The summed E-state index contributed by atoms with van der Waals surface area (Å²) in [6.45, 7) is 0. The minimum atomic E-state index is -0.330. The van der Waals surface area contributed by atoms with Gasteiger partial charge in [0.2, 0.25) is 0 Å². The number of hydrogen-bond acceptors (Lipinski definition) is 3. The minimum Gasteiger partial charge on any atom is -0.497 e. The molecule has 0 radical (unpaired) electrons. The monoisotopic (exact) mass is 291 g/mol. The predicted octanol–water partition coefficient (Wildman–Crippen LogP) is 3.05. The van der Waals surface area contributed by atoms with E-state index in [4.69, 9.17) is 27.4 Å². The molecule has 0 amide bonds. The molecule has 0 aromatic heterocycles. The van der Waals surface area contributed by atoms with Gasteiger partial charge in [0.25, 0.3) is 5.17 Å². The molecular weight excluding hydrogens is 277 g/mol. The van der Waals surface area contributed by atoms with Gasteiger partial charge >= 0.3 is 0 Å². The van der Waals surface area contributed by atoms with Gasteiger partial charge in [-0.1, -0.05) is 12.1 Å². The molecule has 2 N–H and O–H groups in total. The average molecular weight is 291 g/mol. The first-order chi connectivity index (χ1) is 9.58. The van der Waals surface area contributed by atoms with E-state index in [9.17, 15) is 4.39 Å². The van der Waals surface area contributed by atoms with E-state index in [2.05, 4.69) is 0 Å². The Hall–Kier alpha value is -2.14. The summed E-state index contributed by atoms with van der Waals surface area (Å²) in [7, 11) is 1.61. The maximum absolute atomic E-state index is 13.4. The average Bonchev–Trinajstić information content (AvgIpc) is 2.42. The van der Waals surface area contributed by atoms with Gasteiger partial charge in [-0.05, 0) is 48.1 Å². The van der Waals surface area contributed by atoms with Crippen LogP contribution in [0.1, 0.15) is 11.1 Å². The van der Waals surface area contributed by atoms with E-state index in [-0.39, 0.29) is 11.0 Å². The first-order valence-corrected chi connectivity index (χ1v) is 6.38. The maximum atomic E-state index is 13.4. The third kappa shape index (κ3) is 3.68. The fourth-order valence-corrected chi connectivity index (χ4v) is 1.95. The smallest absolute Gasteiger partial charge is 0.259 e. The molecule has 2 rings (SSSR count). The van der Waals surface area contributed by atoms with Crippen LogP contribution < -0.4 is 15.2 Å². The largest absolute Gasteiger partial charge is 0.497 e. The van der Waals surface area contributed by atoms with Crippen molar-refractivity contribution in [2.75, 3.05) is 7.11 Å². The SMILES string of the molecule is COc1ccc(Cc2cc(F)ccc2OC(N)=S)cc1. The van der Waals surface area contributed by atoms with Crippen LogP contribution in [0.3, 0.4) is 0 Å². The molecular formula is C15H14FNO2S. The van der Waals surface area contributed by atoms with E-state index >= 15 is 0 Å². The molecule has 0 spiro atoms. The van der Waals surface area contributed by atoms with Gasteiger partial charge in [0.15, 0.2) is 0 Å². The minimum absolute atomic E-state index is 0.0902. The van der Waals surface area contributed by atoms with Gasteiger partial charge in [-0.2, -0.15) is 0 Å². The van der Waals surface area contributed by atoms with Gasteiger partial charge in [0.1, 0.15) is 17.3 Å². The molecule has 0 aliphatic carbocycles. The molecule has 0 unspecified atom stereocenters. The van der Waals surface area contributed by atoms with Crippen LogP contribution >= 0.6 is 12.2 Å². The molecule has 0 aliphatic heterocycles. The predicted molar refractivity (Wildman–Crippen MR) is 79.6 cm³/mol. The number of benzene rings is 2. The van der Waals surface area contributed by atoms with Crippen LogP contribution in [0.25, 0.3) is 0 Å². The van der Waals surface area contributed by atoms with Gasteiger partial charge in [-0.3, -0.25) is 0 Å². The second-order valence-corrected chi connectivity index (χ2v) is 4.60. The van der Waals surface area contributed by atoms with Gasteiger partial charge in [-0.15, -0.1) is 0 Å². The molecule has 0 saturated carbocycles. The van der Waals surface area contributed by atoms with Crippen LogP contribution in [-0.2, 0) is 6.42 Å². The van der Waals surface area contributed by atoms with Crippen LogP contribution in [0.4, 0.5) is 4.39 Å². The summed E-state index contributed by atoms with van der Waals surface area (Å²) in [5, 5.41) is -0.0902. The Labute approximate surface area is 122 Å². The Morgan fingerprint density at radius 2 is 1.90 bits per heavy atom. The van der Waals surface area contributed by atoms with Crippen LogP contribution in [0.15, 0.2) is 42.5 Å². The zero-order chi connectivity index (χ0) is 14.5. The fourth-order valence-electron chi connectivity index (χ4n) is 1.86. The van der Waals surface area contributed by atoms with Crippen LogP contribution in [-0.4, -0.2) is 12.3 Å². The Balaban J connectivity index is 2.26. The Bertz CT molecular complexity index is 614. The number of thiocarbonyl (C=S) groups is 1.